The highest BCUT2D eigenvalue weighted by atomic mass is 19.1. The van der Waals surface area contributed by atoms with Gasteiger partial charge >= 0.3 is 5.97 Å². The van der Waals surface area contributed by atoms with Crippen molar-refractivity contribution in [3.63, 3.8) is 0 Å². The Morgan fingerprint density at radius 3 is 2.31 bits per heavy atom. The van der Waals surface area contributed by atoms with E-state index < -0.39 is 23.7 Å². The maximum atomic E-state index is 13.4. The van der Waals surface area contributed by atoms with Crippen LogP contribution in [0.5, 0.6) is 0 Å². The van der Waals surface area contributed by atoms with Crippen molar-refractivity contribution in [1.29, 1.82) is 0 Å². The number of nitrogens with two attached hydrogens (primary N) is 2. The van der Waals surface area contributed by atoms with Crippen molar-refractivity contribution < 1.29 is 13.9 Å². The molecule has 0 aromatic carbocycles. The Bertz CT molecular complexity index is 183. The molecule has 0 saturated carbocycles. The van der Waals surface area contributed by atoms with E-state index in [0.717, 1.165) is 0 Å². The van der Waals surface area contributed by atoms with E-state index in [1.54, 1.807) is 6.92 Å². The molecule has 0 aliphatic rings. The maximum absolute atomic E-state index is 13.4. The molecule has 13 heavy (non-hydrogen) atoms. The summed E-state index contributed by atoms with van der Waals surface area (Å²) < 4.78 is 17.9. The molecule has 1 unspecified atom stereocenters. The quantitative estimate of drug-likeness (QED) is 0.491. The maximum Gasteiger partial charge on any atom is 0.341 e. The minimum atomic E-state index is -1.78. The van der Waals surface area contributed by atoms with Gasteiger partial charge in [-0.3, -0.25) is 0 Å². The molecule has 0 heterocycles. The van der Waals surface area contributed by atoms with Gasteiger partial charge in [-0.1, -0.05) is 13.8 Å². The van der Waals surface area contributed by atoms with Crippen LogP contribution in [0.1, 0.15) is 20.8 Å². The Balaban J connectivity index is 4.39. The monoisotopic (exact) mass is 192 g/mol. The van der Waals surface area contributed by atoms with Gasteiger partial charge in [0.05, 0.1) is 12.8 Å². The lowest BCUT2D eigenvalue weighted by molar-refractivity contribution is -0.154. The van der Waals surface area contributed by atoms with E-state index in [4.69, 9.17) is 11.5 Å². The van der Waals surface area contributed by atoms with Gasteiger partial charge in [0.15, 0.2) is 0 Å². The third kappa shape index (κ3) is 2.93. The molecule has 0 fully saturated rings. The Morgan fingerprint density at radius 1 is 1.54 bits per heavy atom. The van der Waals surface area contributed by atoms with Crippen LogP contribution in [0.2, 0.25) is 0 Å². The van der Waals surface area contributed by atoms with Gasteiger partial charge in [-0.2, -0.15) is 0 Å². The summed E-state index contributed by atoms with van der Waals surface area (Å²) in [6.45, 7) is 4.73. The number of halogens is 1. The van der Waals surface area contributed by atoms with Crippen molar-refractivity contribution in [3.05, 3.63) is 0 Å². The van der Waals surface area contributed by atoms with E-state index in [1.807, 2.05) is 0 Å². The van der Waals surface area contributed by atoms with E-state index in [1.165, 1.54) is 13.8 Å². The van der Waals surface area contributed by atoms with Gasteiger partial charge in [-0.15, -0.1) is 0 Å². The van der Waals surface area contributed by atoms with Crippen molar-refractivity contribution in [3.8, 4) is 0 Å². The number of carbonyl (C=O) groups is 1. The van der Waals surface area contributed by atoms with Gasteiger partial charge in [-0.25, -0.2) is 9.18 Å². The largest absolute Gasteiger partial charge is 0.464 e. The zero-order chi connectivity index (χ0) is 10.6. The normalized spacial score (nSPS) is 14.4. The van der Waals surface area contributed by atoms with Gasteiger partial charge in [0, 0.05) is 5.41 Å². The van der Waals surface area contributed by atoms with E-state index in [2.05, 4.69) is 4.74 Å². The summed E-state index contributed by atoms with van der Waals surface area (Å²) in [6.07, 6.45) is -2.68. The summed E-state index contributed by atoms with van der Waals surface area (Å²) >= 11 is 0. The first-order chi connectivity index (χ1) is 5.84. The third-order valence-electron chi connectivity index (χ3n) is 2.01. The molecule has 0 radical (unpaired) electrons. The number of hydrogen-bond acceptors (Lipinski definition) is 4. The van der Waals surface area contributed by atoms with Crippen LogP contribution < -0.4 is 11.5 Å². The second-order valence-electron chi connectivity index (χ2n) is 3.46. The number of esters is 1. The molecule has 78 valence electrons. The minimum absolute atomic E-state index is 0.148. The lowest BCUT2D eigenvalue weighted by atomic mass is 9.84. The van der Waals surface area contributed by atoms with Gasteiger partial charge in [0.25, 0.3) is 0 Å². The summed E-state index contributed by atoms with van der Waals surface area (Å²) in [5.41, 5.74) is 9.57. The van der Waals surface area contributed by atoms with Crippen LogP contribution in [0.4, 0.5) is 4.39 Å². The predicted octanol–water partition coefficient (Wildman–Crippen LogP) is 0.157. The smallest absolute Gasteiger partial charge is 0.341 e. The number of rotatable bonds is 4. The molecular formula is C8H17FN2O2. The molecule has 4 nitrogen and oxygen atoms in total. The van der Waals surface area contributed by atoms with Crippen molar-refractivity contribution in [2.75, 3.05) is 6.61 Å². The van der Waals surface area contributed by atoms with Gasteiger partial charge in [0.1, 0.15) is 0 Å². The van der Waals surface area contributed by atoms with Crippen molar-refractivity contribution in [2.45, 2.75) is 33.1 Å². The predicted molar refractivity (Wildman–Crippen MR) is 47.5 cm³/mol. The lowest BCUT2D eigenvalue weighted by Crippen LogP contribution is -2.52. The lowest BCUT2D eigenvalue weighted by Gasteiger charge is -2.30. The fourth-order valence-electron chi connectivity index (χ4n) is 0.688. The topological polar surface area (TPSA) is 78.3 Å². The summed E-state index contributed by atoms with van der Waals surface area (Å²) in [5.74, 6) is -0.909. The zero-order valence-electron chi connectivity index (χ0n) is 8.21. The molecule has 5 heteroatoms. The van der Waals surface area contributed by atoms with Crippen LogP contribution in [0.3, 0.4) is 0 Å². The van der Waals surface area contributed by atoms with Crippen molar-refractivity contribution in [1.82, 2.24) is 0 Å². The van der Waals surface area contributed by atoms with Crippen molar-refractivity contribution >= 4 is 5.97 Å². The Morgan fingerprint density at radius 2 is 2.00 bits per heavy atom. The molecule has 0 bridgehead atoms. The number of hydrogen-bond donors (Lipinski definition) is 2. The standard InChI is InChI=1S/C8H17FN2O2/c1-4-13-6(12)5(9)8(2,3)7(10)11/h5,7H,4,10-11H2,1-3H3. The number of carbonyl (C=O) groups excluding carboxylic acids is 1. The molecule has 0 aliphatic heterocycles. The average Bonchev–Trinajstić information content (AvgIpc) is 2.03. The molecule has 0 aliphatic carbocycles. The Labute approximate surface area is 77.4 Å². The van der Waals surface area contributed by atoms with Gasteiger partial charge in [-0.05, 0) is 6.92 Å². The molecular weight excluding hydrogens is 175 g/mol. The molecule has 1 atom stereocenters. The molecule has 0 aromatic rings. The van der Waals surface area contributed by atoms with Crippen LogP contribution in [-0.2, 0) is 9.53 Å². The fraction of sp³-hybridized carbons (Fsp3) is 0.875. The first-order valence-corrected chi connectivity index (χ1v) is 4.15. The molecule has 0 spiro atoms. The molecule has 0 aromatic heterocycles. The van der Waals surface area contributed by atoms with E-state index in [0.29, 0.717) is 0 Å². The third-order valence-corrected chi connectivity index (χ3v) is 2.01. The van der Waals surface area contributed by atoms with Gasteiger partial charge < -0.3 is 16.2 Å². The molecule has 0 saturated heterocycles. The zero-order valence-corrected chi connectivity index (χ0v) is 8.21. The first-order valence-electron chi connectivity index (χ1n) is 4.15. The summed E-state index contributed by atoms with van der Waals surface area (Å²) in [7, 11) is 0. The minimum Gasteiger partial charge on any atom is -0.464 e. The molecule has 0 rings (SSSR count). The van der Waals surface area contributed by atoms with Gasteiger partial charge in [0.2, 0.25) is 6.17 Å². The summed E-state index contributed by atoms with van der Waals surface area (Å²) in [6, 6.07) is 0. The molecule has 0 amide bonds. The van der Waals surface area contributed by atoms with Crippen LogP contribution in [-0.4, -0.2) is 24.9 Å². The van der Waals surface area contributed by atoms with Crippen LogP contribution in [0.25, 0.3) is 0 Å². The second-order valence-corrected chi connectivity index (χ2v) is 3.46. The molecule has 4 N–H and O–H groups in total. The number of alkyl halides is 1. The fourth-order valence-corrected chi connectivity index (χ4v) is 0.688. The average molecular weight is 192 g/mol. The summed E-state index contributed by atoms with van der Waals surface area (Å²) in [4.78, 5) is 11.0. The van der Waals surface area contributed by atoms with Crippen LogP contribution in [0.15, 0.2) is 0 Å². The highest BCUT2D eigenvalue weighted by molar-refractivity contribution is 5.75. The van der Waals surface area contributed by atoms with Crippen LogP contribution in [0, 0.1) is 5.41 Å². The highest BCUT2D eigenvalue weighted by Crippen LogP contribution is 2.25. The SMILES string of the molecule is CCOC(=O)C(F)C(C)(C)C(N)N. The number of ether oxygens (including phenoxy) is 1. The second kappa shape index (κ2) is 4.53. The van der Waals surface area contributed by atoms with E-state index in [-0.39, 0.29) is 6.61 Å². The Kier molecular flexibility index (Phi) is 4.29. The van der Waals surface area contributed by atoms with E-state index in [9.17, 15) is 9.18 Å². The Hall–Kier alpha value is -0.680. The first kappa shape index (κ1) is 12.3. The highest BCUT2D eigenvalue weighted by Gasteiger charge is 2.39. The van der Waals surface area contributed by atoms with Crippen molar-refractivity contribution in [2.24, 2.45) is 16.9 Å². The van der Waals surface area contributed by atoms with Crippen LogP contribution >= 0.6 is 0 Å². The summed E-state index contributed by atoms with van der Waals surface area (Å²) in [5, 5.41) is 0. The van der Waals surface area contributed by atoms with E-state index >= 15 is 0 Å².